The van der Waals surface area contributed by atoms with Crippen LogP contribution in [0.5, 0.6) is 0 Å². The summed E-state index contributed by atoms with van der Waals surface area (Å²) in [6, 6.07) is 7.23. The lowest BCUT2D eigenvalue weighted by Gasteiger charge is -2.17. The second kappa shape index (κ2) is 6.41. The number of carboxylic acid groups (broad SMARTS) is 1. The zero-order valence-corrected chi connectivity index (χ0v) is 11.6. The molecule has 1 aliphatic heterocycles. The second-order valence-corrected chi connectivity index (χ2v) is 5.34. The Balaban J connectivity index is 1.93. The normalized spacial score (nSPS) is 18.1. The molecule has 0 radical (unpaired) electrons. The Morgan fingerprint density at radius 3 is 2.65 bits per heavy atom. The van der Waals surface area contributed by atoms with Crippen molar-refractivity contribution in [2.24, 2.45) is 5.92 Å². The predicted molar refractivity (Wildman–Crippen MR) is 75.4 cm³/mol. The van der Waals surface area contributed by atoms with Crippen LogP contribution >= 0.6 is 0 Å². The zero-order valence-electron chi connectivity index (χ0n) is 11.6. The van der Waals surface area contributed by atoms with Gasteiger partial charge in [0.15, 0.2) is 0 Å². The molecule has 108 valence electrons. The largest absolute Gasteiger partial charge is 0.481 e. The Morgan fingerprint density at radius 1 is 1.35 bits per heavy atom. The molecule has 2 N–H and O–H groups in total. The third kappa shape index (κ3) is 3.73. The number of aliphatic carboxylic acids is 1. The number of carbonyl (C=O) groups excluding carboxylic acids is 1. The molecule has 20 heavy (non-hydrogen) atoms. The van der Waals surface area contributed by atoms with E-state index in [4.69, 9.17) is 5.11 Å². The maximum atomic E-state index is 12.0. The molecule has 0 spiro atoms. The minimum absolute atomic E-state index is 0.0210. The zero-order chi connectivity index (χ0) is 14.5. The van der Waals surface area contributed by atoms with Gasteiger partial charge >= 0.3 is 12.0 Å². The number of carboxylic acids is 1. The van der Waals surface area contributed by atoms with E-state index in [2.05, 4.69) is 12.2 Å². The number of hydrogen-bond acceptors (Lipinski definition) is 2. The average Bonchev–Trinajstić information content (AvgIpc) is 2.83. The van der Waals surface area contributed by atoms with Gasteiger partial charge in [0.1, 0.15) is 0 Å². The van der Waals surface area contributed by atoms with Gasteiger partial charge in [-0.2, -0.15) is 0 Å². The first kappa shape index (κ1) is 14.4. The summed E-state index contributed by atoms with van der Waals surface area (Å²) in [5.74, 6) is -0.308. The van der Waals surface area contributed by atoms with Crippen LogP contribution in [0.2, 0.25) is 0 Å². The Kier molecular flexibility index (Phi) is 4.61. The fraction of sp³-hybridized carbons (Fsp3) is 0.467. The molecule has 1 aromatic rings. The first-order chi connectivity index (χ1) is 9.56. The molecule has 0 aliphatic carbocycles. The van der Waals surface area contributed by atoms with Crippen molar-refractivity contribution in [2.75, 3.05) is 13.1 Å². The summed E-state index contributed by atoms with van der Waals surface area (Å²) in [6.07, 6.45) is 1.02. The van der Waals surface area contributed by atoms with Gasteiger partial charge in [-0.25, -0.2) is 4.79 Å². The number of hydrogen-bond donors (Lipinski definition) is 2. The van der Waals surface area contributed by atoms with E-state index in [9.17, 15) is 9.59 Å². The molecular weight excluding hydrogens is 256 g/mol. The van der Waals surface area contributed by atoms with Crippen molar-refractivity contribution < 1.29 is 14.7 Å². The van der Waals surface area contributed by atoms with E-state index in [1.807, 2.05) is 23.1 Å². The molecule has 1 heterocycles. The van der Waals surface area contributed by atoms with Crippen LogP contribution < -0.4 is 5.32 Å². The van der Waals surface area contributed by atoms with Crippen molar-refractivity contribution >= 4 is 12.0 Å². The van der Waals surface area contributed by atoms with Crippen LogP contribution in [0, 0.1) is 5.92 Å². The molecule has 2 amide bonds. The Labute approximate surface area is 118 Å². The maximum absolute atomic E-state index is 12.0. The molecule has 1 fully saturated rings. The van der Waals surface area contributed by atoms with Crippen LogP contribution in [-0.4, -0.2) is 35.1 Å². The third-order valence-electron chi connectivity index (χ3n) is 3.60. The highest BCUT2D eigenvalue weighted by Gasteiger charge is 2.22. The number of amides is 2. The first-order valence-electron chi connectivity index (χ1n) is 6.87. The summed E-state index contributed by atoms with van der Waals surface area (Å²) in [4.78, 5) is 24.6. The van der Waals surface area contributed by atoms with Gasteiger partial charge in [0.25, 0.3) is 0 Å². The summed E-state index contributed by atoms with van der Waals surface area (Å²) in [5.41, 5.74) is 1.60. The molecule has 5 nitrogen and oxygen atoms in total. The lowest BCUT2D eigenvalue weighted by Crippen LogP contribution is -2.38. The highest BCUT2D eigenvalue weighted by atomic mass is 16.4. The fourth-order valence-electron chi connectivity index (χ4n) is 2.47. The number of urea groups is 1. The minimum Gasteiger partial charge on any atom is -0.481 e. The van der Waals surface area contributed by atoms with Crippen LogP contribution in [0.15, 0.2) is 24.3 Å². The van der Waals surface area contributed by atoms with Crippen LogP contribution in [0.3, 0.4) is 0 Å². The number of nitrogens with one attached hydrogen (secondary N) is 1. The lowest BCUT2D eigenvalue weighted by molar-refractivity contribution is -0.136. The number of likely N-dealkylation sites (tertiary alicyclic amines) is 1. The SMILES string of the molecule is CC1CCN(C(=O)NCc2ccccc2CC(=O)O)C1. The smallest absolute Gasteiger partial charge is 0.317 e. The molecule has 1 atom stereocenters. The van der Waals surface area contributed by atoms with E-state index >= 15 is 0 Å². The summed E-state index contributed by atoms with van der Waals surface area (Å²) in [6.45, 7) is 4.09. The van der Waals surface area contributed by atoms with Gasteiger partial charge in [-0.3, -0.25) is 4.79 Å². The molecule has 1 aliphatic rings. The summed E-state index contributed by atoms with van der Waals surface area (Å²) in [5, 5.41) is 11.7. The van der Waals surface area contributed by atoms with Gasteiger partial charge in [0, 0.05) is 19.6 Å². The monoisotopic (exact) mass is 276 g/mol. The second-order valence-electron chi connectivity index (χ2n) is 5.34. The number of nitrogens with zero attached hydrogens (tertiary/aromatic N) is 1. The van der Waals surface area contributed by atoms with Gasteiger partial charge < -0.3 is 15.3 Å². The van der Waals surface area contributed by atoms with Crippen molar-refractivity contribution in [3.05, 3.63) is 35.4 Å². The third-order valence-corrected chi connectivity index (χ3v) is 3.60. The molecule has 0 saturated carbocycles. The lowest BCUT2D eigenvalue weighted by atomic mass is 10.0. The molecular formula is C15H20N2O3. The van der Waals surface area contributed by atoms with Crippen molar-refractivity contribution in [1.29, 1.82) is 0 Å². The van der Waals surface area contributed by atoms with Crippen molar-refractivity contribution in [1.82, 2.24) is 10.2 Å². The highest BCUT2D eigenvalue weighted by Crippen LogP contribution is 2.15. The van der Waals surface area contributed by atoms with Crippen molar-refractivity contribution in [3.63, 3.8) is 0 Å². The maximum Gasteiger partial charge on any atom is 0.317 e. The molecule has 1 saturated heterocycles. The van der Waals surface area contributed by atoms with Crippen molar-refractivity contribution in [3.8, 4) is 0 Å². The fourth-order valence-corrected chi connectivity index (χ4v) is 2.47. The van der Waals surface area contributed by atoms with E-state index in [-0.39, 0.29) is 12.5 Å². The number of rotatable bonds is 4. The molecule has 1 unspecified atom stereocenters. The van der Waals surface area contributed by atoms with E-state index in [0.717, 1.165) is 30.6 Å². The summed E-state index contributed by atoms with van der Waals surface area (Å²) in [7, 11) is 0. The standard InChI is InChI=1S/C15H20N2O3/c1-11-6-7-17(10-11)15(20)16-9-13-5-3-2-4-12(13)8-14(18)19/h2-5,11H,6-10H2,1H3,(H,16,20)(H,18,19). The minimum atomic E-state index is -0.864. The molecule has 5 heteroatoms. The van der Waals surface area contributed by atoms with Gasteiger partial charge in [0.05, 0.1) is 6.42 Å². The summed E-state index contributed by atoms with van der Waals surface area (Å²) >= 11 is 0. The van der Waals surface area contributed by atoms with Crippen LogP contribution in [-0.2, 0) is 17.8 Å². The van der Waals surface area contributed by atoms with E-state index in [1.54, 1.807) is 6.07 Å². The van der Waals surface area contributed by atoms with Gasteiger partial charge in [-0.05, 0) is 23.5 Å². The average molecular weight is 276 g/mol. The topological polar surface area (TPSA) is 69.6 Å². The van der Waals surface area contributed by atoms with Crippen LogP contribution in [0.4, 0.5) is 4.79 Å². The van der Waals surface area contributed by atoms with Crippen LogP contribution in [0.25, 0.3) is 0 Å². The van der Waals surface area contributed by atoms with Gasteiger partial charge in [-0.15, -0.1) is 0 Å². The van der Waals surface area contributed by atoms with Crippen LogP contribution in [0.1, 0.15) is 24.5 Å². The first-order valence-corrected chi connectivity index (χ1v) is 6.87. The quantitative estimate of drug-likeness (QED) is 0.882. The van der Waals surface area contributed by atoms with Gasteiger partial charge in [-0.1, -0.05) is 31.2 Å². The molecule has 1 aromatic carbocycles. The van der Waals surface area contributed by atoms with E-state index in [0.29, 0.717) is 12.5 Å². The number of benzene rings is 1. The summed E-state index contributed by atoms with van der Waals surface area (Å²) < 4.78 is 0. The number of carbonyl (C=O) groups is 2. The molecule has 0 bridgehead atoms. The Morgan fingerprint density at radius 2 is 2.05 bits per heavy atom. The Bertz CT molecular complexity index is 502. The van der Waals surface area contributed by atoms with E-state index in [1.165, 1.54) is 0 Å². The molecule has 2 rings (SSSR count). The Hall–Kier alpha value is -2.04. The van der Waals surface area contributed by atoms with Crippen molar-refractivity contribution in [2.45, 2.75) is 26.3 Å². The predicted octanol–water partition coefficient (Wildman–Crippen LogP) is 1.87. The molecule has 0 aromatic heterocycles. The highest BCUT2D eigenvalue weighted by molar-refractivity contribution is 5.75. The van der Waals surface area contributed by atoms with E-state index < -0.39 is 5.97 Å². The van der Waals surface area contributed by atoms with Gasteiger partial charge in [0.2, 0.25) is 0 Å².